The Hall–Kier alpha value is -2.14. The molecule has 19 heavy (non-hydrogen) atoms. The number of rotatable bonds is 3. The molecule has 0 unspecified atom stereocenters. The number of carbonyl (C=O) groups is 1. The Bertz CT molecular complexity index is 612. The molecule has 0 aliphatic carbocycles. The van der Waals surface area contributed by atoms with Crippen molar-refractivity contribution in [3.05, 3.63) is 64.1 Å². The summed E-state index contributed by atoms with van der Waals surface area (Å²) in [6.07, 6.45) is 1.39. The van der Waals surface area contributed by atoms with Crippen LogP contribution < -0.4 is 5.43 Å². The maximum atomic E-state index is 11.7. The van der Waals surface area contributed by atoms with Crippen LogP contribution in [0.15, 0.2) is 58.1 Å². The Labute approximate surface area is 118 Å². The van der Waals surface area contributed by atoms with E-state index >= 15 is 0 Å². The summed E-state index contributed by atoms with van der Waals surface area (Å²) in [5.41, 5.74) is 3.44. The van der Waals surface area contributed by atoms with E-state index in [2.05, 4.69) is 26.5 Å². The van der Waals surface area contributed by atoms with Crippen LogP contribution in [-0.2, 0) is 0 Å². The van der Waals surface area contributed by atoms with Gasteiger partial charge in [0.25, 0.3) is 5.91 Å². The highest BCUT2D eigenvalue weighted by Gasteiger charge is 2.02. The van der Waals surface area contributed by atoms with Crippen molar-refractivity contribution < 1.29 is 9.90 Å². The maximum absolute atomic E-state index is 11.7. The molecule has 0 fully saturated rings. The lowest BCUT2D eigenvalue weighted by Crippen LogP contribution is -2.17. The number of carbonyl (C=O) groups excluding carboxylic acids is 1. The lowest BCUT2D eigenvalue weighted by atomic mass is 10.2. The van der Waals surface area contributed by atoms with Gasteiger partial charge in [-0.1, -0.05) is 34.1 Å². The number of nitrogens with zero attached hydrogens (tertiary/aromatic N) is 1. The van der Waals surface area contributed by atoms with Gasteiger partial charge in [0.1, 0.15) is 5.75 Å². The van der Waals surface area contributed by atoms with Crippen molar-refractivity contribution in [1.29, 1.82) is 0 Å². The Kier molecular flexibility index (Phi) is 4.30. The SMILES string of the molecule is O=C(N/N=C/c1cc(Br)ccc1O)c1ccccc1. The second-order valence-electron chi connectivity index (χ2n) is 3.77. The van der Waals surface area contributed by atoms with Crippen LogP contribution in [0.25, 0.3) is 0 Å². The molecule has 0 aromatic heterocycles. The number of benzene rings is 2. The van der Waals surface area contributed by atoms with Gasteiger partial charge in [-0.25, -0.2) is 5.43 Å². The average Bonchev–Trinajstić information content (AvgIpc) is 2.43. The highest BCUT2D eigenvalue weighted by molar-refractivity contribution is 9.10. The van der Waals surface area contributed by atoms with Crippen LogP contribution in [0.5, 0.6) is 5.75 Å². The fourth-order valence-electron chi connectivity index (χ4n) is 1.44. The molecule has 96 valence electrons. The Morgan fingerprint density at radius 1 is 1.21 bits per heavy atom. The quantitative estimate of drug-likeness (QED) is 0.675. The molecule has 2 aromatic carbocycles. The Balaban J connectivity index is 2.04. The van der Waals surface area contributed by atoms with E-state index < -0.39 is 0 Å². The molecule has 1 amide bonds. The number of nitrogens with one attached hydrogen (secondary N) is 1. The lowest BCUT2D eigenvalue weighted by Gasteiger charge is -2.00. The molecule has 0 saturated heterocycles. The van der Waals surface area contributed by atoms with E-state index in [1.807, 2.05) is 6.07 Å². The average molecular weight is 319 g/mol. The predicted molar refractivity (Wildman–Crippen MR) is 77.3 cm³/mol. The first-order chi connectivity index (χ1) is 9.16. The van der Waals surface area contributed by atoms with Crippen molar-refractivity contribution in [2.45, 2.75) is 0 Å². The molecule has 4 nitrogen and oxygen atoms in total. The van der Waals surface area contributed by atoms with Crippen LogP contribution in [0.2, 0.25) is 0 Å². The van der Waals surface area contributed by atoms with Crippen molar-refractivity contribution in [2.24, 2.45) is 5.10 Å². The first-order valence-electron chi connectivity index (χ1n) is 5.54. The highest BCUT2D eigenvalue weighted by Crippen LogP contribution is 2.19. The van der Waals surface area contributed by atoms with E-state index in [4.69, 9.17) is 0 Å². The van der Waals surface area contributed by atoms with Crippen molar-refractivity contribution in [3.8, 4) is 5.75 Å². The summed E-state index contributed by atoms with van der Waals surface area (Å²) in [7, 11) is 0. The second kappa shape index (κ2) is 6.15. The normalized spacial score (nSPS) is 10.6. The van der Waals surface area contributed by atoms with Gasteiger partial charge in [0.2, 0.25) is 0 Å². The summed E-state index contributed by atoms with van der Waals surface area (Å²) < 4.78 is 0.820. The lowest BCUT2D eigenvalue weighted by molar-refractivity contribution is 0.0955. The van der Waals surface area contributed by atoms with Gasteiger partial charge in [-0.15, -0.1) is 0 Å². The fraction of sp³-hybridized carbons (Fsp3) is 0. The van der Waals surface area contributed by atoms with Gasteiger partial charge < -0.3 is 5.11 Å². The van der Waals surface area contributed by atoms with Gasteiger partial charge in [-0.05, 0) is 30.3 Å². The molecular weight excluding hydrogens is 308 g/mol. The number of phenols is 1. The minimum atomic E-state index is -0.300. The van der Waals surface area contributed by atoms with Crippen molar-refractivity contribution in [1.82, 2.24) is 5.43 Å². The zero-order valence-corrected chi connectivity index (χ0v) is 11.5. The summed E-state index contributed by atoms with van der Waals surface area (Å²) in [4.78, 5) is 11.7. The van der Waals surface area contributed by atoms with Crippen LogP contribution in [0.1, 0.15) is 15.9 Å². The minimum Gasteiger partial charge on any atom is -0.507 e. The number of halogens is 1. The topological polar surface area (TPSA) is 61.7 Å². The molecule has 2 aromatic rings. The zero-order chi connectivity index (χ0) is 13.7. The van der Waals surface area contributed by atoms with Gasteiger partial charge in [-0.3, -0.25) is 4.79 Å². The summed E-state index contributed by atoms with van der Waals surface area (Å²) in [6, 6.07) is 13.7. The molecule has 2 rings (SSSR count). The van der Waals surface area contributed by atoms with Crippen LogP contribution in [0.4, 0.5) is 0 Å². The summed E-state index contributed by atoms with van der Waals surface area (Å²) in [5, 5.41) is 13.4. The molecule has 0 saturated carbocycles. The molecule has 5 heteroatoms. The molecule has 0 bridgehead atoms. The third kappa shape index (κ3) is 3.66. The first-order valence-corrected chi connectivity index (χ1v) is 6.33. The van der Waals surface area contributed by atoms with E-state index in [1.165, 1.54) is 6.21 Å². The largest absolute Gasteiger partial charge is 0.507 e. The smallest absolute Gasteiger partial charge is 0.271 e. The Morgan fingerprint density at radius 3 is 2.68 bits per heavy atom. The molecule has 0 heterocycles. The number of amides is 1. The second-order valence-corrected chi connectivity index (χ2v) is 4.68. The maximum Gasteiger partial charge on any atom is 0.271 e. The van der Waals surface area contributed by atoms with Gasteiger partial charge in [-0.2, -0.15) is 5.10 Å². The molecule has 0 atom stereocenters. The Morgan fingerprint density at radius 2 is 1.95 bits per heavy atom. The number of phenolic OH excluding ortho intramolecular Hbond substituents is 1. The van der Waals surface area contributed by atoms with E-state index in [9.17, 15) is 9.90 Å². The molecule has 0 spiro atoms. The van der Waals surface area contributed by atoms with E-state index in [1.54, 1.807) is 42.5 Å². The van der Waals surface area contributed by atoms with Gasteiger partial charge in [0.05, 0.1) is 6.21 Å². The number of hydrazone groups is 1. The monoisotopic (exact) mass is 318 g/mol. The first kappa shape index (κ1) is 13.3. The molecule has 0 radical (unpaired) electrons. The molecule has 0 aliphatic heterocycles. The predicted octanol–water partition coefficient (Wildman–Crippen LogP) is 2.92. The van der Waals surface area contributed by atoms with Crippen LogP contribution in [0, 0.1) is 0 Å². The number of aromatic hydroxyl groups is 1. The van der Waals surface area contributed by atoms with Crippen molar-refractivity contribution in [3.63, 3.8) is 0 Å². The molecule has 2 N–H and O–H groups in total. The van der Waals surface area contributed by atoms with Crippen molar-refractivity contribution >= 4 is 28.1 Å². The van der Waals surface area contributed by atoms with Crippen molar-refractivity contribution in [2.75, 3.05) is 0 Å². The summed E-state index contributed by atoms with van der Waals surface area (Å²) in [5.74, 6) is -0.202. The standard InChI is InChI=1S/C14H11BrN2O2/c15-12-6-7-13(18)11(8-12)9-16-17-14(19)10-4-2-1-3-5-10/h1-9,18H,(H,17,19)/b16-9+. The number of hydrogen-bond donors (Lipinski definition) is 2. The minimum absolute atomic E-state index is 0.0981. The van der Waals surface area contributed by atoms with Crippen LogP contribution >= 0.6 is 15.9 Å². The van der Waals surface area contributed by atoms with E-state index in [0.717, 1.165) is 4.47 Å². The summed E-state index contributed by atoms with van der Waals surface area (Å²) in [6.45, 7) is 0. The van der Waals surface area contributed by atoms with Gasteiger partial charge in [0.15, 0.2) is 0 Å². The number of hydrogen-bond acceptors (Lipinski definition) is 3. The van der Waals surface area contributed by atoms with Crippen LogP contribution in [0.3, 0.4) is 0 Å². The fourth-order valence-corrected chi connectivity index (χ4v) is 1.82. The van der Waals surface area contributed by atoms with Gasteiger partial charge in [0, 0.05) is 15.6 Å². The molecular formula is C14H11BrN2O2. The third-order valence-corrected chi connectivity index (χ3v) is 2.89. The van der Waals surface area contributed by atoms with E-state index in [-0.39, 0.29) is 11.7 Å². The molecule has 0 aliphatic rings. The zero-order valence-electron chi connectivity index (χ0n) is 9.88. The highest BCUT2D eigenvalue weighted by atomic mass is 79.9. The third-order valence-electron chi connectivity index (χ3n) is 2.40. The van der Waals surface area contributed by atoms with Gasteiger partial charge >= 0.3 is 0 Å². The summed E-state index contributed by atoms with van der Waals surface area (Å²) >= 11 is 3.29. The van der Waals surface area contributed by atoms with E-state index in [0.29, 0.717) is 11.1 Å². The van der Waals surface area contributed by atoms with Crippen LogP contribution in [-0.4, -0.2) is 17.2 Å².